The molecule has 8 heteroatoms. The third kappa shape index (κ3) is 3.32. The highest BCUT2D eigenvalue weighted by molar-refractivity contribution is 9.10. The van der Waals surface area contributed by atoms with Gasteiger partial charge < -0.3 is 5.32 Å². The Labute approximate surface area is 170 Å². The minimum Gasteiger partial charge on any atom is -0.323 e. The molecular formula is C20H19BrFN5O. The molecular weight excluding hydrogens is 425 g/mol. The maximum atomic E-state index is 14.5. The fourth-order valence-electron chi connectivity index (χ4n) is 3.85. The minimum absolute atomic E-state index is 0.126. The van der Waals surface area contributed by atoms with Crippen LogP contribution in [0.15, 0.2) is 46.9 Å². The summed E-state index contributed by atoms with van der Waals surface area (Å²) in [5, 5.41) is 14.2. The van der Waals surface area contributed by atoms with Gasteiger partial charge in [0.15, 0.2) is 5.82 Å². The molecule has 1 N–H and O–H groups in total. The largest absolute Gasteiger partial charge is 0.323 e. The van der Waals surface area contributed by atoms with Crippen molar-refractivity contribution in [1.82, 2.24) is 20.2 Å². The number of halogens is 2. The number of anilines is 1. The normalized spacial score (nSPS) is 15.5. The van der Waals surface area contributed by atoms with Gasteiger partial charge in [-0.1, -0.05) is 40.9 Å². The number of aryl methyl sites for hydroxylation is 1. The van der Waals surface area contributed by atoms with Crippen molar-refractivity contribution in [2.75, 3.05) is 5.32 Å². The number of amides is 1. The van der Waals surface area contributed by atoms with Crippen LogP contribution in [0.3, 0.4) is 0 Å². The van der Waals surface area contributed by atoms with Crippen LogP contribution in [0, 0.1) is 12.7 Å². The van der Waals surface area contributed by atoms with Crippen molar-refractivity contribution in [2.24, 2.45) is 0 Å². The monoisotopic (exact) mass is 443 g/mol. The van der Waals surface area contributed by atoms with Gasteiger partial charge in [0.05, 0.1) is 16.8 Å². The van der Waals surface area contributed by atoms with Crippen LogP contribution in [0.1, 0.15) is 37.1 Å². The number of hydrogen-bond donors (Lipinski definition) is 1. The standard InChI is InChI=1S/C20H19BrFN5O/c1-13-24-25-26-27(13)16-8-9-17(22)18(12-16)23-19(28)20(10-2-3-11-20)14-4-6-15(21)7-5-14/h4-9,12H,2-3,10-11H2,1H3,(H,23,28). The molecule has 0 radical (unpaired) electrons. The van der Waals surface area contributed by atoms with E-state index in [9.17, 15) is 9.18 Å². The van der Waals surface area contributed by atoms with Gasteiger partial charge >= 0.3 is 0 Å². The summed E-state index contributed by atoms with van der Waals surface area (Å²) < 4.78 is 16.9. The van der Waals surface area contributed by atoms with E-state index < -0.39 is 11.2 Å². The lowest BCUT2D eigenvalue weighted by Gasteiger charge is -2.28. The van der Waals surface area contributed by atoms with Gasteiger partial charge in [0.1, 0.15) is 5.82 Å². The Hall–Kier alpha value is -2.61. The van der Waals surface area contributed by atoms with E-state index in [4.69, 9.17) is 0 Å². The number of rotatable bonds is 4. The third-order valence-electron chi connectivity index (χ3n) is 5.36. The summed E-state index contributed by atoms with van der Waals surface area (Å²) in [6, 6.07) is 12.2. The lowest BCUT2D eigenvalue weighted by molar-refractivity contribution is -0.121. The number of nitrogens with zero attached hydrogens (tertiary/aromatic N) is 4. The van der Waals surface area contributed by atoms with E-state index in [1.165, 1.54) is 10.7 Å². The van der Waals surface area contributed by atoms with Gasteiger partial charge in [0.25, 0.3) is 0 Å². The van der Waals surface area contributed by atoms with Crippen molar-refractivity contribution in [3.8, 4) is 5.69 Å². The highest BCUT2D eigenvalue weighted by Gasteiger charge is 2.42. The van der Waals surface area contributed by atoms with Crippen LogP contribution < -0.4 is 5.32 Å². The highest BCUT2D eigenvalue weighted by Crippen LogP contribution is 2.42. The van der Waals surface area contributed by atoms with Gasteiger partial charge in [-0.2, -0.15) is 4.68 Å². The number of aromatic nitrogens is 4. The number of carbonyl (C=O) groups is 1. The molecule has 1 saturated carbocycles. The number of tetrazole rings is 1. The molecule has 28 heavy (non-hydrogen) atoms. The quantitative estimate of drug-likeness (QED) is 0.651. The number of nitrogens with one attached hydrogen (secondary N) is 1. The number of carbonyl (C=O) groups excluding carboxylic acids is 1. The second-order valence-electron chi connectivity index (χ2n) is 7.05. The fourth-order valence-corrected chi connectivity index (χ4v) is 4.11. The van der Waals surface area contributed by atoms with Gasteiger partial charge in [0.2, 0.25) is 5.91 Å². The molecule has 0 aliphatic heterocycles. The predicted molar refractivity (Wildman–Crippen MR) is 107 cm³/mol. The molecule has 1 aliphatic carbocycles. The van der Waals surface area contributed by atoms with E-state index in [0.717, 1.165) is 35.7 Å². The van der Waals surface area contributed by atoms with E-state index >= 15 is 0 Å². The first kappa shape index (κ1) is 18.7. The van der Waals surface area contributed by atoms with Crippen LogP contribution in [0.5, 0.6) is 0 Å². The minimum atomic E-state index is -0.645. The average Bonchev–Trinajstić information content (AvgIpc) is 3.34. The summed E-state index contributed by atoms with van der Waals surface area (Å²) in [7, 11) is 0. The molecule has 4 rings (SSSR count). The summed E-state index contributed by atoms with van der Waals surface area (Å²) >= 11 is 3.44. The maximum Gasteiger partial charge on any atom is 0.235 e. The van der Waals surface area contributed by atoms with E-state index in [0.29, 0.717) is 11.5 Å². The smallest absolute Gasteiger partial charge is 0.235 e. The predicted octanol–water partition coefficient (Wildman–Crippen LogP) is 4.32. The van der Waals surface area contributed by atoms with Crippen LogP contribution >= 0.6 is 15.9 Å². The Bertz CT molecular complexity index is 1010. The molecule has 3 aromatic rings. The maximum absolute atomic E-state index is 14.5. The van der Waals surface area contributed by atoms with Gasteiger partial charge in [-0.05, 0) is 66.1 Å². The van der Waals surface area contributed by atoms with Crippen molar-refractivity contribution in [3.05, 3.63) is 64.1 Å². The second kappa shape index (κ2) is 7.43. The van der Waals surface area contributed by atoms with E-state index in [-0.39, 0.29) is 11.6 Å². The molecule has 1 fully saturated rings. The van der Waals surface area contributed by atoms with Crippen LogP contribution in [0.4, 0.5) is 10.1 Å². The van der Waals surface area contributed by atoms with Crippen LogP contribution in [-0.4, -0.2) is 26.1 Å². The lowest BCUT2D eigenvalue weighted by atomic mass is 9.78. The SMILES string of the molecule is Cc1nnnn1-c1ccc(F)c(NC(=O)C2(c3ccc(Br)cc3)CCCC2)c1. The molecule has 144 valence electrons. The molecule has 1 aliphatic rings. The second-order valence-corrected chi connectivity index (χ2v) is 7.97. The summed E-state index contributed by atoms with van der Waals surface area (Å²) in [5.74, 6) is -0.102. The van der Waals surface area contributed by atoms with Crippen molar-refractivity contribution < 1.29 is 9.18 Å². The van der Waals surface area contributed by atoms with E-state index in [2.05, 4.69) is 36.8 Å². The fraction of sp³-hybridized carbons (Fsp3) is 0.300. The zero-order chi connectivity index (χ0) is 19.7. The first-order valence-corrected chi connectivity index (χ1v) is 9.91. The first-order chi connectivity index (χ1) is 13.5. The highest BCUT2D eigenvalue weighted by atomic mass is 79.9. The Kier molecular flexibility index (Phi) is 4.97. The molecule has 2 aromatic carbocycles. The lowest BCUT2D eigenvalue weighted by Crippen LogP contribution is -2.38. The zero-order valence-corrected chi connectivity index (χ0v) is 16.9. The van der Waals surface area contributed by atoms with Crippen LogP contribution in [-0.2, 0) is 10.2 Å². The molecule has 1 heterocycles. The summed E-state index contributed by atoms with van der Waals surface area (Å²) in [4.78, 5) is 13.3. The Morgan fingerprint density at radius 1 is 1.18 bits per heavy atom. The Balaban J connectivity index is 1.67. The molecule has 0 saturated heterocycles. The number of benzene rings is 2. The molecule has 0 spiro atoms. The molecule has 1 amide bonds. The molecule has 0 unspecified atom stereocenters. The van der Waals surface area contributed by atoms with Gasteiger partial charge in [-0.15, -0.1) is 5.10 Å². The number of hydrogen-bond acceptors (Lipinski definition) is 4. The van der Waals surface area contributed by atoms with Crippen molar-refractivity contribution >= 4 is 27.5 Å². The van der Waals surface area contributed by atoms with Crippen molar-refractivity contribution in [3.63, 3.8) is 0 Å². The van der Waals surface area contributed by atoms with Gasteiger partial charge in [-0.3, -0.25) is 4.79 Å². The van der Waals surface area contributed by atoms with E-state index in [1.807, 2.05) is 24.3 Å². The van der Waals surface area contributed by atoms with Crippen molar-refractivity contribution in [2.45, 2.75) is 38.0 Å². The molecule has 0 bridgehead atoms. The average molecular weight is 444 g/mol. The summed E-state index contributed by atoms with van der Waals surface area (Å²) in [6.45, 7) is 1.75. The topological polar surface area (TPSA) is 72.7 Å². The van der Waals surface area contributed by atoms with Crippen LogP contribution in [0.25, 0.3) is 5.69 Å². The first-order valence-electron chi connectivity index (χ1n) is 9.12. The Morgan fingerprint density at radius 3 is 2.54 bits per heavy atom. The zero-order valence-electron chi connectivity index (χ0n) is 15.3. The van der Waals surface area contributed by atoms with Crippen LogP contribution in [0.2, 0.25) is 0 Å². The molecule has 0 atom stereocenters. The van der Waals surface area contributed by atoms with E-state index in [1.54, 1.807) is 19.1 Å². The summed E-state index contributed by atoms with van der Waals surface area (Å²) in [6.07, 6.45) is 3.42. The Morgan fingerprint density at radius 2 is 1.89 bits per heavy atom. The molecule has 6 nitrogen and oxygen atoms in total. The third-order valence-corrected chi connectivity index (χ3v) is 5.89. The summed E-state index contributed by atoms with van der Waals surface area (Å²) in [5.41, 5.74) is 1.02. The van der Waals surface area contributed by atoms with Gasteiger partial charge in [-0.25, -0.2) is 4.39 Å². The van der Waals surface area contributed by atoms with Crippen molar-refractivity contribution in [1.29, 1.82) is 0 Å². The van der Waals surface area contributed by atoms with Gasteiger partial charge in [0, 0.05) is 4.47 Å². The molecule has 1 aromatic heterocycles.